The number of hydrogen-bond donors (Lipinski definition) is 0. The van der Waals surface area contributed by atoms with Crippen molar-refractivity contribution in [1.82, 2.24) is 19.8 Å². The fourth-order valence-electron chi connectivity index (χ4n) is 3.89. The summed E-state index contributed by atoms with van der Waals surface area (Å²) in [7, 11) is -2.95. The van der Waals surface area contributed by atoms with Crippen LogP contribution in [-0.4, -0.2) is 71.4 Å². The van der Waals surface area contributed by atoms with Gasteiger partial charge in [0.15, 0.2) is 15.7 Å². The Morgan fingerprint density at radius 3 is 2.48 bits per heavy atom. The third-order valence-electron chi connectivity index (χ3n) is 5.14. The maximum atomic E-state index is 12.2. The van der Waals surface area contributed by atoms with Crippen LogP contribution in [-0.2, 0) is 16.4 Å². The molecule has 0 radical (unpaired) electrons. The highest BCUT2D eigenvalue weighted by atomic mass is 32.2. The van der Waals surface area contributed by atoms with Crippen molar-refractivity contribution in [2.45, 2.75) is 25.6 Å². The molecule has 2 aromatic rings. The molecule has 2 aromatic heterocycles. The van der Waals surface area contributed by atoms with Gasteiger partial charge in [0, 0.05) is 49.7 Å². The lowest BCUT2D eigenvalue weighted by Gasteiger charge is -2.43. The summed E-state index contributed by atoms with van der Waals surface area (Å²) in [5.41, 5.74) is 1.04. The molecule has 8 heteroatoms. The molecule has 4 heterocycles. The van der Waals surface area contributed by atoms with Gasteiger partial charge in [-0.3, -0.25) is 9.80 Å². The van der Waals surface area contributed by atoms with Gasteiger partial charge in [-0.1, -0.05) is 13.0 Å². The van der Waals surface area contributed by atoms with Gasteiger partial charge in [0.05, 0.1) is 16.4 Å². The van der Waals surface area contributed by atoms with E-state index in [2.05, 4.69) is 26.7 Å². The average molecular weight is 379 g/mol. The molecule has 0 aliphatic carbocycles. The lowest BCUT2D eigenvalue weighted by Crippen LogP contribution is -2.58. The van der Waals surface area contributed by atoms with E-state index in [1.54, 1.807) is 11.3 Å². The van der Waals surface area contributed by atoms with Gasteiger partial charge in [0.1, 0.15) is 0 Å². The smallest absolute Gasteiger partial charge is 0.169 e. The summed E-state index contributed by atoms with van der Waals surface area (Å²) in [5, 5.41) is 2.01. The van der Waals surface area contributed by atoms with Crippen molar-refractivity contribution in [2.75, 3.05) is 31.1 Å². The number of rotatable bonds is 4. The van der Waals surface area contributed by atoms with Crippen molar-refractivity contribution in [3.05, 3.63) is 35.5 Å². The molecule has 2 aliphatic rings. The van der Waals surface area contributed by atoms with Gasteiger partial charge < -0.3 is 0 Å². The molecule has 134 valence electrons. The van der Waals surface area contributed by atoms with E-state index >= 15 is 0 Å². The van der Waals surface area contributed by atoms with Crippen molar-refractivity contribution in [3.8, 4) is 10.7 Å². The second-order valence-electron chi connectivity index (χ2n) is 6.70. The third kappa shape index (κ3) is 3.48. The van der Waals surface area contributed by atoms with E-state index in [4.69, 9.17) is 0 Å². The topological polar surface area (TPSA) is 66.4 Å². The number of aromatic nitrogens is 2. The van der Waals surface area contributed by atoms with Gasteiger partial charge in [-0.25, -0.2) is 18.4 Å². The molecule has 4 rings (SSSR count). The number of fused-ring (bicyclic) bond motifs is 1. The van der Waals surface area contributed by atoms with Crippen molar-refractivity contribution < 1.29 is 8.42 Å². The number of hydrogen-bond acceptors (Lipinski definition) is 7. The Labute approximate surface area is 152 Å². The van der Waals surface area contributed by atoms with Crippen LogP contribution in [0.25, 0.3) is 10.7 Å². The fourth-order valence-corrected chi connectivity index (χ4v) is 6.60. The zero-order valence-electron chi connectivity index (χ0n) is 14.2. The summed E-state index contributed by atoms with van der Waals surface area (Å²) in [6.07, 6.45) is 3.74. The number of sulfone groups is 1. The second-order valence-corrected chi connectivity index (χ2v) is 9.80. The van der Waals surface area contributed by atoms with Crippen LogP contribution < -0.4 is 0 Å². The number of nitrogens with zero attached hydrogens (tertiary/aromatic N) is 4. The monoisotopic (exact) mass is 378 g/mol. The third-order valence-corrected chi connectivity index (χ3v) is 7.71. The number of thiophene rings is 1. The first-order valence-electron chi connectivity index (χ1n) is 8.59. The van der Waals surface area contributed by atoms with Gasteiger partial charge in [0.2, 0.25) is 0 Å². The maximum absolute atomic E-state index is 12.2. The number of piperazine rings is 1. The molecule has 6 nitrogen and oxygen atoms in total. The van der Waals surface area contributed by atoms with Crippen LogP contribution >= 0.6 is 11.3 Å². The Morgan fingerprint density at radius 1 is 1.16 bits per heavy atom. The normalized spacial score (nSPS) is 26.6. The van der Waals surface area contributed by atoms with Crippen LogP contribution in [0.15, 0.2) is 29.9 Å². The van der Waals surface area contributed by atoms with Gasteiger partial charge in [-0.15, -0.1) is 11.3 Å². The summed E-state index contributed by atoms with van der Waals surface area (Å²) in [4.78, 5) is 14.6. The number of likely N-dealkylation sites (N-methyl/N-ethyl adjacent to an activating group) is 1. The van der Waals surface area contributed by atoms with E-state index in [9.17, 15) is 8.42 Å². The minimum absolute atomic E-state index is 0.0793. The van der Waals surface area contributed by atoms with Crippen LogP contribution in [0.4, 0.5) is 0 Å². The van der Waals surface area contributed by atoms with Crippen LogP contribution in [0.5, 0.6) is 0 Å². The quantitative estimate of drug-likeness (QED) is 0.803. The molecule has 0 unspecified atom stereocenters. The molecule has 0 spiro atoms. The van der Waals surface area contributed by atoms with Crippen molar-refractivity contribution >= 4 is 21.2 Å². The van der Waals surface area contributed by atoms with Crippen LogP contribution in [0.1, 0.15) is 12.5 Å². The molecule has 0 saturated carbocycles. The lowest BCUT2D eigenvalue weighted by molar-refractivity contribution is 0.0438. The molecule has 25 heavy (non-hydrogen) atoms. The lowest BCUT2D eigenvalue weighted by atomic mass is 10.0. The summed E-state index contributed by atoms with van der Waals surface area (Å²) in [6, 6.07) is 4.20. The van der Waals surface area contributed by atoms with Gasteiger partial charge in [-0.05, 0) is 18.0 Å². The first kappa shape index (κ1) is 17.1. The largest absolute Gasteiger partial charge is 0.297 e. The van der Waals surface area contributed by atoms with Gasteiger partial charge in [-0.2, -0.15) is 0 Å². The first-order valence-corrected chi connectivity index (χ1v) is 11.3. The summed E-state index contributed by atoms with van der Waals surface area (Å²) >= 11 is 1.62. The minimum atomic E-state index is -2.95. The van der Waals surface area contributed by atoms with E-state index in [0.717, 1.165) is 35.9 Å². The molecule has 0 aromatic carbocycles. The first-order chi connectivity index (χ1) is 12.1. The Balaban J connectivity index is 1.50. The van der Waals surface area contributed by atoms with Crippen molar-refractivity contribution in [2.24, 2.45) is 0 Å². The van der Waals surface area contributed by atoms with Gasteiger partial charge in [0.25, 0.3) is 0 Å². The molecule has 2 saturated heterocycles. The highest BCUT2D eigenvalue weighted by Gasteiger charge is 2.45. The molecule has 0 amide bonds. The Kier molecular flexibility index (Phi) is 4.61. The van der Waals surface area contributed by atoms with Crippen LogP contribution in [0, 0.1) is 0 Å². The zero-order chi connectivity index (χ0) is 17.4. The van der Waals surface area contributed by atoms with E-state index in [1.807, 2.05) is 29.9 Å². The highest BCUT2D eigenvalue weighted by Crippen LogP contribution is 2.28. The van der Waals surface area contributed by atoms with Crippen LogP contribution in [0.2, 0.25) is 0 Å². The summed E-state index contributed by atoms with van der Waals surface area (Å²) in [5.74, 6) is 1.30. The second kappa shape index (κ2) is 6.75. The van der Waals surface area contributed by atoms with Crippen LogP contribution in [0.3, 0.4) is 0 Å². The molecule has 0 N–H and O–H groups in total. The zero-order valence-corrected chi connectivity index (χ0v) is 15.8. The molecule has 0 bridgehead atoms. The molecular formula is C17H22N4O2S2. The minimum Gasteiger partial charge on any atom is -0.297 e. The van der Waals surface area contributed by atoms with Crippen molar-refractivity contribution in [1.29, 1.82) is 0 Å². The Bertz CT molecular complexity index is 821. The fraction of sp³-hybridized carbons (Fsp3) is 0.529. The van der Waals surface area contributed by atoms with Crippen molar-refractivity contribution in [3.63, 3.8) is 0 Å². The highest BCUT2D eigenvalue weighted by molar-refractivity contribution is 7.91. The standard InChI is InChI=1S/C17H22N4O2S2/c1-2-20-5-6-21(15-12-25(22,23)11-14(15)20)10-13-8-18-17(19-9-13)16-4-3-7-24-16/h3-4,7-9,14-15H,2,5-6,10-12H2,1H3/t14-,15+/m1/s1. The maximum Gasteiger partial charge on any atom is 0.169 e. The summed E-state index contributed by atoms with van der Waals surface area (Å²) < 4.78 is 24.3. The molecule has 2 aliphatic heterocycles. The predicted molar refractivity (Wildman–Crippen MR) is 99.2 cm³/mol. The van der Waals surface area contributed by atoms with E-state index in [-0.39, 0.29) is 23.6 Å². The SMILES string of the molecule is CCN1CCN(Cc2cnc(-c3cccs3)nc2)[C@H]2CS(=O)(=O)C[C@H]21. The Hall–Kier alpha value is -1.35. The average Bonchev–Trinajstić information content (AvgIpc) is 3.23. The van der Waals surface area contributed by atoms with E-state index in [1.165, 1.54) is 0 Å². The molecule has 2 fully saturated rings. The van der Waals surface area contributed by atoms with E-state index < -0.39 is 9.84 Å². The van der Waals surface area contributed by atoms with E-state index in [0.29, 0.717) is 6.54 Å². The molecule has 2 atom stereocenters. The summed E-state index contributed by atoms with van der Waals surface area (Å²) in [6.45, 7) is 5.52. The Morgan fingerprint density at radius 2 is 1.84 bits per heavy atom. The molecular weight excluding hydrogens is 356 g/mol. The predicted octanol–water partition coefficient (Wildman–Crippen LogP) is 1.51. The van der Waals surface area contributed by atoms with Gasteiger partial charge >= 0.3 is 0 Å².